The molecule has 0 aromatic rings. The largest absolute Gasteiger partial charge is 0.359 e. The van der Waals surface area contributed by atoms with Crippen molar-refractivity contribution in [1.29, 1.82) is 0 Å². The molecule has 21 heavy (non-hydrogen) atoms. The molecule has 2 aliphatic heterocycles. The molecule has 3 amide bonds. The van der Waals surface area contributed by atoms with Gasteiger partial charge in [0.25, 0.3) is 0 Å². The molecular formula is C15H23N3O3. The zero-order chi connectivity index (χ0) is 15.6. The summed E-state index contributed by atoms with van der Waals surface area (Å²) in [5.74, 6) is -0.310. The summed E-state index contributed by atoms with van der Waals surface area (Å²) in [7, 11) is 1.58. The van der Waals surface area contributed by atoms with Gasteiger partial charge >= 0.3 is 0 Å². The van der Waals surface area contributed by atoms with Crippen molar-refractivity contribution in [3.63, 3.8) is 0 Å². The molecule has 0 aliphatic carbocycles. The number of carbonyl (C=O) groups excluding carboxylic acids is 3. The average Bonchev–Trinajstić information content (AvgIpc) is 2.78. The zero-order valence-corrected chi connectivity index (χ0v) is 12.9. The van der Waals surface area contributed by atoms with E-state index in [4.69, 9.17) is 0 Å². The molecule has 1 unspecified atom stereocenters. The minimum Gasteiger partial charge on any atom is -0.359 e. The Hall–Kier alpha value is -1.85. The van der Waals surface area contributed by atoms with Crippen molar-refractivity contribution >= 4 is 17.7 Å². The van der Waals surface area contributed by atoms with E-state index in [2.05, 4.69) is 5.32 Å². The second-order valence-electron chi connectivity index (χ2n) is 5.80. The van der Waals surface area contributed by atoms with Gasteiger partial charge in [-0.05, 0) is 13.3 Å². The minimum absolute atomic E-state index is 0.0140. The molecule has 1 N–H and O–H groups in total. The molecule has 2 aliphatic rings. The molecular weight excluding hydrogens is 270 g/mol. The van der Waals surface area contributed by atoms with Crippen molar-refractivity contribution in [2.45, 2.75) is 32.7 Å². The van der Waals surface area contributed by atoms with Gasteiger partial charge in [-0.25, -0.2) is 0 Å². The lowest BCUT2D eigenvalue weighted by Crippen LogP contribution is -2.61. The van der Waals surface area contributed by atoms with Crippen LogP contribution in [0.2, 0.25) is 0 Å². The van der Waals surface area contributed by atoms with E-state index in [1.54, 1.807) is 22.9 Å². The van der Waals surface area contributed by atoms with Crippen molar-refractivity contribution in [2.24, 2.45) is 5.92 Å². The summed E-state index contributed by atoms with van der Waals surface area (Å²) >= 11 is 0. The molecule has 0 saturated carbocycles. The van der Waals surface area contributed by atoms with E-state index in [-0.39, 0.29) is 36.1 Å². The van der Waals surface area contributed by atoms with Crippen molar-refractivity contribution in [3.8, 4) is 0 Å². The number of likely N-dealkylation sites (tertiary alicyclic amines) is 2. The summed E-state index contributed by atoms with van der Waals surface area (Å²) in [5, 5.41) is 2.59. The minimum atomic E-state index is -0.255. The van der Waals surface area contributed by atoms with Gasteiger partial charge in [0, 0.05) is 39.2 Å². The molecule has 0 bridgehead atoms. The summed E-state index contributed by atoms with van der Waals surface area (Å²) in [5.41, 5.74) is 1.06. The normalized spacial score (nSPS) is 23.3. The van der Waals surface area contributed by atoms with Crippen LogP contribution in [0.25, 0.3) is 0 Å². The number of allylic oxidation sites excluding steroid dienone is 1. The first kappa shape index (κ1) is 15.5. The predicted octanol–water partition coefficient (Wildman–Crippen LogP) is 0.148. The third-order valence-corrected chi connectivity index (χ3v) is 4.32. The van der Waals surface area contributed by atoms with E-state index in [0.29, 0.717) is 19.6 Å². The second kappa shape index (κ2) is 6.28. The fourth-order valence-corrected chi connectivity index (χ4v) is 2.70. The van der Waals surface area contributed by atoms with Crippen LogP contribution in [-0.2, 0) is 14.4 Å². The van der Waals surface area contributed by atoms with Crippen LogP contribution in [0.1, 0.15) is 26.7 Å². The Bertz CT molecular complexity index is 481. The molecule has 0 aromatic carbocycles. The Morgan fingerprint density at radius 2 is 2.00 bits per heavy atom. The van der Waals surface area contributed by atoms with Gasteiger partial charge in [-0.2, -0.15) is 0 Å². The Kier molecular flexibility index (Phi) is 4.65. The summed E-state index contributed by atoms with van der Waals surface area (Å²) in [4.78, 5) is 39.0. The van der Waals surface area contributed by atoms with Crippen molar-refractivity contribution < 1.29 is 14.4 Å². The number of hydrogen-bond acceptors (Lipinski definition) is 3. The number of carbonyl (C=O) groups is 3. The highest BCUT2D eigenvalue weighted by molar-refractivity contribution is 5.91. The molecule has 1 atom stereocenters. The SMILES string of the molecule is CC/C(C)=C/C(=O)N1CC(N2CC(C(=O)NC)CC2=O)C1. The average molecular weight is 293 g/mol. The van der Waals surface area contributed by atoms with Crippen LogP contribution in [0.5, 0.6) is 0 Å². The summed E-state index contributed by atoms with van der Waals surface area (Å²) in [6.45, 7) is 5.55. The van der Waals surface area contributed by atoms with Crippen LogP contribution in [0.15, 0.2) is 11.6 Å². The molecule has 2 fully saturated rings. The first-order valence-electron chi connectivity index (χ1n) is 7.43. The van der Waals surface area contributed by atoms with Gasteiger partial charge in [-0.3, -0.25) is 14.4 Å². The van der Waals surface area contributed by atoms with E-state index in [1.807, 2.05) is 13.8 Å². The highest BCUT2D eigenvalue weighted by Gasteiger charge is 2.42. The standard InChI is InChI=1S/C15H23N3O3/c1-4-10(2)5-13(19)17-8-12(9-17)18-7-11(6-14(18)20)15(21)16-3/h5,11-12H,4,6-9H2,1-3H3,(H,16,21)/b10-5+. The van der Waals surface area contributed by atoms with E-state index in [0.717, 1.165) is 12.0 Å². The second-order valence-corrected chi connectivity index (χ2v) is 5.80. The molecule has 116 valence electrons. The van der Waals surface area contributed by atoms with Gasteiger partial charge in [-0.1, -0.05) is 12.5 Å². The Morgan fingerprint density at radius 3 is 2.57 bits per heavy atom. The molecule has 2 heterocycles. The van der Waals surface area contributed by atoms with E-state index >= 15 is 0 Å². The van der Waals surface area contributed by atoms with Gasteiger partial charge in [0.1, 0.15) is 0 Å². The fourth-order valence-electron chi connectivity index (χ4n) is 2.70. The third kappa shape index (κ3) is 3.25. The first-order valence-corrected chi connectivity index (χ1v) is 7.43. The molecule has 0 aromatic heterocycles. The lowest BCUT2D eigenvalue weighted by Gasteiger charge is -2.43. The van der Waals surface area contributed by atoms with Crippen molar-refractivity contribution in [2.75, 3.05) is 26.7 Å². The van der Waals surface area contributed by atoms with Crippen LogP contribution in [-0.4, -0.2) is 60.2 Å². The highest BCUT2D eigenvalue weighted by atomic mass is 16.2. The van der Waals surface area contributed by atoms with Crippen LogP contribution in [0.4, 0.5) is 0 Å². The van der Waals surface area contributed by atoms with E-state index in [9.17, 15) is 14.4 Å². The van der Waals surface area contributed by atoms with E-state index < -0.39 is 0 Å². The first-order chi connectivity index (χ1) is 9.96. The quantitative estimate of drug-likeness (QED) is 0.750. The van der Waals surface area contributed by atoms with E-state index in [1.165, 1.54) is 0 Å². The van der Waals surface area contributed by atoms with Crippen molar-refractivity contribution in [1.82, 2.24) is 15.1 Å². The fraction of sp³-hybridized carbons (Fsp3) is 0.667. The van der Waals surface area contributed by atoms with Crippen LogP contribution < -0.4 is 5.32 Å². The van der Waals surface area contributed by atoms with Crippen LogP contribution in [0.3, 0.4) is 0 Å². The molecule has 0 radical (unpaired) electrons. The maximum Gasteiger partial charge on any atom is 0.246 e. The van der Waals surface area contributed by atoms with Gasteiger partial charge in [0.2, 0.25) is 17.7 Å². The molecule has 6 heteroatoms. The monoisotopic (exact) mass is 293 g/mol. The van der Waals surface area contributed by atoms with Gasteiger partial charge < -0.3 is 15.1 Å². The lowest BCUT2D eigenvalue weighted by molar-refractivity contribution is -0.141. The molecule has 0 spiro atoms. The van der Waals surface area contributed by atoms with Crippen molar-refractivity contribution in [3.05, 3.63) is 11.6 Å². The van der Waals surface area contributed by atoms with Gasteiger partial charge in [0.15, 0.2) is 0 Å². The zero-order valence-electron chi connectivity index (χ0n) is 12.9. The van der Waals surface area contributed by atoms with Crippen LogP contribution >= 0.6 is 0 Å². The number of hydrogen-bond donors (Lipinski definition) is 1. The van der Waals surface area contributed by atoms with Crippen LogP contribution in [0, 0.1) is 5.92 Å². The summed E-state index contributed by atoms with van der Waals surface area (Å²) in [6.07, 6.45) is 2.80. The molecule has 2 rings (SSSR count). The number of amides is 3. The Morgan fingerprint density at radius 1 is 1.33 bits per heavy atom. The highest BCUT2D eigenvalue weighted by Crippen LogP contribution is 2.25. The molecule has 2 saturated heterocycles. The summed E-state index contributed by atoms with van der Waals surface area (Å²) < 4.78 is 0. The summed E-state index contributed by atoms with van der Waals surface area (Å²) in [6, 6.07) is 0.0615. The molecule has 6 nitrogen and oxygen atoms in total. The number of nitrogens with zero attached hydrogens (tertiary/aromatic N) is 2. The third-order valence-electron chi connectivity index (χ3n) is 4.32. The number of rotatable bonds is 4. The van der Waals surface area contributed by atoms with Gasteiger partial charge in [0.05, 0.1) is 12.0 Å². The maximum absolute atomic E-state index is 12.0. The Labute approximate surface area is 125 Å². The smallest absolute Gasteiger partial charge is 0.246 e. The lowest BCUT2D eigenvalue weighted by atomic mass is 10.1. The maximum atomic E-state index is 12.0. The topological polar surface area (TPSA) is 69.7 Å². The number of nitrogens with one attached hydrogen (secondary N) is 1. The predicted molar refractivity (Wildman–Crippen MR) is 78.3 cm³/mol. The Balaban J connectivity index is 1.86. The van der Waals surface area contributed by atoms with Gasteiger partial charge in [-0.15, -0.1) is 0 Å².